The van der Waals surface area contributed by atoms with Gasteiger partial charge < -0.3 is 4.90 Å². The van der Waals surface area contributed by atoms with Crippen LogP contribution in [0.1, 0.15) is 11.8 Å². The van der Waals surface area contributed by atoms with E-state index in [0.29, 0.717) is 0 Å². The summed E-state index contributed by atoms with van der Waals surface area (Å²) in [6, 6.07) is 4.06. The Balaban J connectivity index is 2.27. The summed E-state index contributed by atoms with van der Waals surface area (Å²) in [6.45, 7) is 1.99. The van der Waals surface area contributed by atoms with Crippen LogP contribution in [-0.4, -0.2) is 28.0 Å². The number of anilines is 2. The molecule has 9 heteroatoms. The third-order valence-corrected chi connectivity index (χ3v) is 4.05. The molecule has 0 aromatic carbocycles. The molecule has 112 valence electrons. The zero-order chi connectivity index (χ0) is 15.4. The van der Waals surface area contributed by atoms with Gasteiger partial charge in [-0.1, -0.05) is 6.07 Å². The van der Waals surface area contributed by atoms with Crippen LogP contribution in [0.25, 0.3) is 0 Å². The van der Waals surface area contributed by atoms with Gasteiger partial charge >= 0.3 is 5.69 Å². The molecule has 21 heavy (non-hydrogen) atoms. The maximum Gasteiger partial charge on any atom is 0.329 e. The molecule has 2 rings (SSSR count). The van der Waals surface area contributed by atoms with Crippen molar-refractivity contribution >= 4 is 28.8 Å². The van der Waals surface area contributed by atoms with Crippen molar-refractivity contribution in [3.8, 4) is 0 Å². The predicted octanol–water partition coefficient (Wildman–Crippen LogP) is 1.80. The lowest BCUT2D eigenvalue weighted by molar-refractivity contribution is -0.384. The molecule has 0 bridgehead atoms. The Morgan fingerprint density at radius 3 is 2.95 bits per heavy atom. The summed E-state index contributed by atoms with van der Waals surface area (Å²) >= 11 is 1.66. The van der Waals surface area contributed by atoms with Crippen molar-refractivity contribution in [1.82, 2.24) is 9.97 Å². The summed E-state index contributed by atoms with van der Waals surface area (Å²) in [6.07, 6.45) is 1.94. The number of rotatable bonds is 6. The van der Waals surface area contributed by atoms with E-state index in [1.165, 1.54) is 4.88 Å². The number of nitrogens with one attached hydrogen (secondary N) is 1. The van der Waals surface area contributed by atoms with Gasteiger partial charge in [-0.25, -0.2) is 10.8 Å². The number of likely N-dealkylation sites (N-methyl/N-ethyl adjacent to an activating group) is 1. The van der Waals surface area contributed by atoms with E-state index in [2.05, 4.69) is 15.4 Å². The summed E-state index contributed by atoms with van der Waals surface area (Å²) in [7, 11) is 1.77. The highest BCUT2D eigenvalue weighted by Crippen LogP contribution is 2.27. The molecule has 2 aromatic rings. The van der Waals surface area contributed by atoms with E-state index in [9.17, 15) is 10.1 Å². The van der Waals surface area contributed by atoms with Crippen LogP contribution in [0.3, 0.4) is 0 Å². The van der Waals surface area contributed by atoms with E-state index in [0.717, 1.165) is 12.6 Å². The molecule has 8 nitrogen and oxygen atoms in total. The fourth-order valence-electron chi connectivity index (χ4n) is 1.89. The van der Waals surface area contributed by atoms with E-state index < -0.39 is 4.92 Å². The highest BCUT2D eigenvalue weighted by Gasteiger charge is 2.24. The summed E-state index contributed by atoms with van der Waals surface area (Å²) in [4.78, 5) is 21.5. The lowest BCUT2D eigenvalue weighted by Crippen LogP contribution is -2.32. The molecule has 0 radical (unpaired) electrons. The number of aromatic nitrogens is 2. The van der Waals surface area contributed by atoms with Gasteiger partial charge in [-0.3, -0.25) is 15.5 Å². The minimum absolute atomic E-state index is 0.0443. The van der Waals surface area contributed by atoms with Crippen LogP contribution in [-0.2, 0) is 6.42 Å². The Bertz CT molecular complexity index is 618. The van der Waals surface area contributed by atoms with Gasteiger partial charge in [0.05, 0.1) is 4.92 Å². The van der Waals surface area contributed by atoms with Gasteiger partial charge in [0.25, 0.3) is 0 Å². The van der Waals surface area contributed by atoms with E-state index in [-0.39, 0.29) is 23.5 Å². The zero-order valence-electron chi connectivity index (χ0n) is 11.7. The number of nitro groups is 1. The number of nitrogens with zero attached hydrogens (tertiary/aromatic N) is 4. The van der Waals surface area contributed by atoms with Crippen LogP contribution in [0.5, 0.6) is 0 Å². The van der Waals surface area contributed by atoms with Crippen LogP contribution in [0, 0.1) is 10.1 Å². The summed E-state index contributed by atoms with van der Waals surface area (Å²) < 4.78 is 0. The van der Waals surface area contributed by atoms with Gasteiger partial charge in [-0.15, -0.1) is 11.3 Å². The fourth-order valence-corrected chi connectivity index (χ4v) is 2.72. The second-order valence-electron chi connectivity index (χ2n) is 4.55. The quantitative estimate of drug-likeness (QED) is 0.475. The Morgan fingerprint density at radius 1 is 1.62 bits per heavy atom. The minimum Gasteiger partial charge on any atom is -0.351 e. The molecule has 0 amide bonds. The van der Waals surface area contributed by atoms with E-state index in [1.807, 2.05) is 24.4 Å². The van der Waals surface area contributed by atoms with Crippen LogP contribution in [0.2, 0.25) is 0 Å². The third-order valence-electron chi connectivity index (χ3n) is 3.15. The standard InChI is InChI=1S/C12H16N6O2S/c1-8(6-9-4-3-5-21-9)17(2)11-10(18(19)20)7-14-12(15-11)16-13/h3-5,7-8H,6,13H2,1-2H3,(H,14,15,16). The van der Waals surface area contributed by atoms with Crippen molar-refractivity contribution in [1.29, 1.82) is 0 Å². The van der Waals surface area contributed by atoms with Crippen molar-refractivity contribution in [3.63, 3.8) is 0 Å². The first-order valence-corrected chi connectivity index (χ1v) is 7.14. The predicted molar refractivity (Wildman–Crippen MR) is 82.4 cm³/mol. The topological polar surface area (TPSA) is 110 Å². The van der Waals surface area contributed by atoms with Crippen molar-refractivity contribution in [2.24, 2.45) is 5.84 Å². The molecular formula is C12H16N6O2S. The number of thiophene rings is 1. The molecule has 0 aliphatic rings. The van der Waals surface area contributed by atoms with Crippen molar-refractivity contribution in [2.75, 3.05) is 17.4 Å². The lowest BCUT2D eigenvalue weighted by atomic mass is 10.2. The lowest BCUT2D eigenvalue weighted by Gasteiger charge is -2.25. The molecule has 0 saturated carbocycles. The zero-order valence-corrected chi connectivity index (χ0v) is 12.5. The summed E-state index contributed by atoms with van der Waals surface area (Å²) in [5.74, 6) is 5.66. The number of hydrogen-bond donors (Lipinski definition) is 2. The number of hydrazine groups is 1. The molecule has 1 unspecified atom stereocenters. The first kappa shape index (κ1) is 15.1. The monoisotopic (exact) mass is 308 g/mol. The molecule has 0 aliphatic carbocycles. The molecule has 0 saturated heterocycles. The summed E-state index contributed by atoms with van der Waals surface area (Å²) in [5, 5.41) is 13.1. The van der Waals surface area contributed by atoms with Crippen LogP contribution >= 0.6 is 11.3 Å². The fraction of sp³-hybridized carbons (Fsp3) is 0.333. The Morgan fingerprint density at radius 2 is 2.38 bits per heavy atom. The van der Waals surface area contributed by atoms with Crippen molar-refractivity contribution in [3.05, 3.63) is 38.7 Å². The van der Waals surface area contributed by atoms with Crippen molar-refractivity contribution in [2.45, 2.75) is 19.4 Å². The first-order chi connectivity index (χ1) is 10.0. The number of nitrogens with two attached hydrogens (primary N) is 1. The Labute approximate surface area is 125 Å². The highest BCUT2D eigenvalue weighted by atomic mass is 32.1. The van der Waals surface area contributed by atoms with Crippen molar-refractivity contribution < 1.29 is 4.92 Å². The Hall–Kier alpha value is -2.26. The van der Waals surface area contributed by atoms with Crippen LogP contribution in [0.15, 0.2) is 23.7 Å². The smallest absolute Gasteiger partial charge is 0.329 e. The Kier molecular flexibility index (Phi) is 4.66. The molecule has 3 N–H and O–H groups in total. The van der Waals surface area contributed by atoms with Gasteiger partial charge in [0.2, 0.25) is 11.8 Å². The van der Waals surface area contributed by atoms with Gasteiger partial charge in [-0.05, 0) is 18.4 Å². The van der Waals surface area contributed by atoms with E-state index in [1.54, 1.807) is 23.3 Å². The molecular weight excluding hydrogens is 292 g/mol. The van der Waals surface area contributed by atoms with Gasteiger partial charge in [-0.2, -0.15) is 4.98 Å². The second kappa shape index (κ2) is 6.46. The van der Waals surface area contributed by atoms with Gasteiger partial charge in [0.1, 0.15) is 6.20 Å². The van der Waals surface area contributed by atoms with Gasteiger partial charge in [0.15, 0.2) is 0 Å². The second-order valence-corrected chi connectivity index (χ2v) is 5.58. The molecule has 0 spiro atoms. The van der Waals surface area contributed by atoms with E-state index >= 15 is 0 Å². The molecule has 2 aromatic heterocycles. The molecule has 0 fully saturated rings. The van der Waals surface area contributed by atoms with Crippen LogP contribution < -0.4 is 16.2 Å². The molecule has 0 aliphatic heterocycles. The maximum absolute atomic E-state index is 11.1. The summed E-state index contributed by atoms with van der Waals surface area (Å²) in [5.41, 5.74) is 2.16. The van der Waals surface area contributed by atoms with Gasteiger partial charge in [0, 0.05) is 24.4 Å². The van der Waals surface area contributed by atoms with E-state index in [4.69, 9.17) is 5.84 Å². The number of nitrogen functional groups attached to an aromatic ring is 1. The minimum atomic E-state index is -0.496. The molecule has 1 atom stereocenters. The SMILES string of the molecule is CC(Cc1cccs1)N(C)c1nc(NN)ncc1[N+](=O)[O-]. The largest absolute Gasteiger partial charge is 0.351 e. The average molecular weight is 308 g/mol. The normalized spacial score (nSPS) is 12.0. The van der Waals surface area contributed by atoms with Crippen LogP contribution in [0.4, 0.5) is 17.5 Å². The average Bonchev–Trinajstić information content (AvgIpc) is 2.98. The number of hydrogen-bond acceptors (Lipinski definition) is 8. The highest BCUT2D eigenvalue weighted by molar-refractivity contribution is 7.09. The first-order valence-electron chi connectivity index (χ1n) is 6.26. The molecule has 2 heterocycles. The third kappa shape index (κ3) is 3.44. The maximum atomic E-state index is 11.1.